The van der Waals surface area contributed by atoms with Crippen molar-refractivity contribution < 1.29 is 19.0 Å². The minimum absolute atomic E-state index is 0.00513. The van der Waals surface area contributed by atoms with Gasteiger partial charge in [0, 0.05) is 17.1 Å². The lowest BCUT2D eigenvalue weighted by Crippen LogP contribution is -2.29. The van der Waals surface area contributed by atoms with E-state index in [4.69, 9.17) is 16.3 Å². The first-order valence-corrected chi connectivity index (χ1v) is 5.85. The Morgan fingerprint density at radius 1 is 1.50 bits per heavy atom. The van der Waals surface area contributed by atoms with Crippen molar-refractivity contribution in [1.29, 1.82) is 0 Å². The lowest BCUT2D eigenvalue weighted by atomic mass is 10.2. The van der Waals surface area contributed by atoms with Crippen LogP contribution in [0.2, 0.25) is 5.02 Å². The van der Waals surface area contributed by atoms with Crippen LogP contribution in [0.1, 0.15) is 10.4 Å². The number of aliphatic hydroxyl groups excluding tert-OH is 1. The fourth-order valence-corrected chi connectivity index (χ4v) is 2.12. The van der Waals surface area contributed by atoms with Crippen molar-refractivity contribution in [3.8, 4) is 5.75 Å². The number of β-amino-alcohol motifs (C(OH)–C–C–N with tert-alkyl or cyclic N) is 1. The largest absolute Gasteiger partial charge is 0.497 e. The molecule has 0 spiro atoms. The zero-order chi connectivity index (χ0) is 13.3. The number of carbonyl (C=O) groups is 1. The van der Waals surface area contributed by atoms with E-state index in [0.717, 1.165) is 0 Å². The lowest BCUT2D eigenvalue weighted by molar-refractivity contribution is 0.0764. The van der Waals surface area contributed by atoms with Crippen molar-refractivity contribution in [3.63, 3.8) is 0 Å². The van der Waals surface area contributed by atoms with Gasteiger partial charge in [-0.05, 0) is 18.2 Å². The topological polar surface area (TPSA) is 49.8 Å². The van der Waals surface area contributed by atoms with Crippen LogP contribution >= 0.6 is 11.6 Å². The Hall–Kier alpha value is -1.33. The molecule has 1 heterocycles. The number of methoxy groups -OCH3 is 1. The Morgan fingerprint density at radius 3 is 2.78 bits per heavy atom. The summed E-state index contributed by atoms with van der Waals surface area (Å²) in [6.07, 6.45) is -2.51. The smallest absolute Gasteiger partial charge is 0.254 e. The highest BCUT2D eigenvalue weighted by molar-refractivity contribution is 6.31. The van der Waals surface area contributed by atoms with Crippen LogP contribution in [0.5, 0.6) is 5.75 Å². The van der Waals surface area contributed by atoms with Crippen molar-refractivity contribution in [1.82, 2.24) is 4.90 Å². The van der Waals surface area contributed by atoms with Gasteiger partial charge in [0.2, 0.25) is 0 Å². The molecule has 6 heteroatoms. The maximum Gasteiger partial charge on any atom is 0.254 e. The highest BCUT2D eigenvalue weighted by Crippen LogP contribution is 2.23. The Balaban J connectivity index is 2.21. The SMILES string of the molecule is COc1cc(Cl)cc(C(=O)N2C[C@@H](O)[C@H](F)C2)c1. The number of benzene rings is 1. The van der Waals surface area contributed by atoms with E-state index in [1.807, 2.05) is 0 Å². The number of carbonyl (C=O) groups excluding carboxylic acids is 1. The maximum atomic E-state index is 13.2. The Kier molecular flexibility index (Phi) is 3.73. The van der Waals surface area contributed by atoms with Crippen LogP contribution in [-0.4, -0.2) is 48.4 Å². The quantitative estimate of drug-likeness (QED) is 0.888. The maximum absolute atomic E-state index is 13.2. The highest BCUT2D eigenvalue weighted by atomic mass is 35.5. The van der Waals surface area contributed by atoms with E-state index in [2.05, 4.69) is 0 Å². The molecule has 18 heavy (non-hydrogen) atoms. The number of amides is 1. The minimum Gasteiger partial charge on any atom is -0.497 e. The molecule has 1 saturated heterocycles. The van der Waals surface area contributed by atoms with E-state index >= 15 is 0 Å². The molecule has 1 aromatic rings. The minimum atomic E-state index is -1.39. The van der Waals surface area contributed by atoms with Crippen molar-refractivity contribution in [2.75, 3.05) is 20.2 Å². The van der Waals surface area contributed by atoms with Crippen LogP contribution < -0.4 is 4.74 Å². The second-order valence-electron chi connectivity index (χ2n) is 4.17. The number of alkyl halides is 1. The van der Waals surface area contributed by atoms with Crippen LogP contribution in [0.3, 0.4) is 0 Å². The summed E-state index contributed by atoms with van der Waals surface area (Å²) in [6.45, 7) is -0.107. The summed E-state index contributed by atoms with van der Waals surface area (Å²) in [5, 5.41) is 9.67. The van der Waals surface area contributed by atoms with Crippen LogP contribution in [0.15, 0.2) is 18.2 Å². The molecule has 0 bridgehead atoms. The van der Waals surface area contributed by atoms with E-state index in [-0.39, 0.29) is 19.0 Å². The summed E-state index contributed by atoms with van der Waals surface area (Å²) in [5.74, 6) is 0.0948. The monoisotopic (exact) mass is 273 g/mol. The molecule has 0 saturated carbocycles. The molecule has 98 valence electrons. The Bertz CT molecular complexity index is 459. The molecule has 0 aromatic heterocycles. The fourth-order valence-electron chi connectivity index (χ4n) is 1.90. The first-order valence-electron chi connectivity index (χ1n) is 5.47. The standard InChI is InChI=1S/C12H13ClFNO3/c1-18-9-3-7(2-8(13)4-9)12(17)15-5-10(14)11(16)6-15/h2-4,10-11,16H,5-6H2,1H3/t10-,11-/m1/s1. The van der Waals surface area contributed by atoms with Gasteiger partial charge in [0.05, 0.1) is 13.7 Å². The summed E-state index contributed by atoms with van der Waals surface area (Å²) in [5.41, 5.74) is 0.320. The number of ether oxygens (including phenoxy) is 1. The molecule has 1 fully saturated rings. The van der Waals surface area contributed by atoms with Crippen LogP contribution in [0.4, 0.5) is 4.39 Å². The number of nitrogens with zero attached hydrogens (tertiary/aromatic N) is 1. The number of aliphatic hydroxyl groups is 1. The van der Waals surface area contributed by atoms with E-state index in [0.29, 0.717) is 16.3 Å². The Labute approximate surface area is 109 Å². The van der Waals surface area contributed by atoms with Crippen molar-refractivity contribution in [3.05, 3.63) is 28.8 Å². The number of hydrogen-bond donors (Lipinski definition) is 1. The molecule has 0 radical (unpaired) electrons. The number of likely N-dealkylation sites (tertiary alicyclic amines) is 1. The third-order valence-corrected chi connectivity index (χ3v) is 3.08. The predicted molar refractivity (Wildman–Crippen MR) is 64.8 cm³/mol. The van der Waals surface area contributed by atoms with Gasteiger partial charge in [0.1, 0.15) is 18.0 Å². The normalized spacial score (nSPS) is 23.2. The zero-order valence-corrected chi connectivity index (χ0v) is 10.5. The molecule has 4 nitrogen and oxygen atoms in total. The van der Waals surface area contributed by atoms with E-state index in [1.54, 1.807) is 6.07 Å². The van der Waals surface area contributed by atoms with E-state index in [9.17, 15) is 14.3 Å². The van der Waals surface area contributed by atoms with Crippen molar-refractivity contribution in [2.24, 2.45) is 0 Å². The molecular weight excluding hydrogens is 261 g/mol. The lowest BCUT2D eigenvalue weighted by Gasteiger charge is -2.15. The number of rotatable bonds is 2. The molecule has 1 aliphatic rings. The molecule has 2 atom stereocenters. The summed E-state index contributed by atoms with van der Waals surface area (Å²) < 4.78 is 18.2. The van der Waals surface area contributed by atoms with E-state index < -0.39 is 12.3 Å². The van der Waals surface area contributed by atoms with Gasteiger partial charge in [0.15, 0.2) is 0 Å². The van der Waals surface area contributed by atoms with Gasteiger partial charge in [-0.3, -0.25) is 4.79 Å². The first kappa shape index (κ1) is 13.1. The third-order valence-electron chi connectivity index (χ3n) is 2.86. The molecule has 2 rings (SSSR count). The van der Waals surface area contributed by atoms with Gasteiger partial charge < -0.3 is 14.7 Å². The zero-order valence-electron chi connectivity index (χ0n) is 9.77. The molecule has 1 N–H and O–H groups in total. The van der Waals surface area contributed by atoms with Crippen molar-refractivity contribution in [2.45, 2.75) is 12.3 Å². The van der Waals surface area contributed by atoms with Gasteiger partial charge >= 0.3 is 0 Å². The molecule has 0 aliphatic carbocycles. The van der Waals surface area contributed by atoms with E-state index in [1.165, 1.54) is 24.1 Å². The fraction of sp³-hybridized carbons (Fsp3) is 0.417. The second kappa shape index (κ2) is 5.12. The molecule has 1 aromatic carbocycles. The third kappa shape index (κ3) is 2.57. The highest BCUT2D eigenvalue weighted by Gasteiger charge is 2.34. The summed E-state index contributed by atoms with van der Waals surface area (Å²) in [7, 11) is 1.47. The average molecular weight is 274 g/mol. The van der Waals surface area contributed by atoms with Crippen LogP contribution in [0, 0.1) is 0 Å². The predicted octanol–water partition coefficient (Wildman–Crippen LogP) is 1.50. The van der Waals surface area contributed by atoms with Crippen LogP contribution in [0.25, 0.3) is 0 Å². The van der Waals surface area contributed by atoms with Gasteiger partial charge in [-0.25, -0.2) is 4.39 Å². The average Bonchev–Trinajstić information content (AvgIpc) is 2.68. The first-order chi connectivity index (χ1) is 8.51. The molecular formula is C12H13ClFNO3. The van der Waals surface area contributed by atoms with Crippen LogP contribution in [-0.2, 0) is 0 Å². The molecule has 0 unspecified atom stereocenters. The molecule has 1 amide bonds. The van der Waals surface area contributed by atoms with Gasteiger partial charge in [-0.2, -0.15) is 0 Å². The van der Waals surface area contributed by atoms with Gasteiger partial charge in [-0.15, -0.1) is 0 Å². The Morgan fingerprint density at radius 2 is 2.22 bits per heavy atom. The second-order valence-corrected chi connectivity index (χ2v) is 4.61. The molecule has 1 aliphatic heterocycles. The van der Waals surface area contributed by atoms with Gasteiger partial charge in [0.25, 0.3) is 5.91 Å². The number of halogens is 2. The summed E-state index contributed by atoms with van der Waals surface area (Å²) in [6, 6.07) is 4.60. The number of hydrogen-bond acceptors (Lipinski definition) is 3. The summed E-state index contributed by atoms with van der Waals surface area (Å²) >= 11 is 5.86. The van der Waals surface area contributed by atoms with Gasteiger partial charge in [-0.1, -0.05) is 11.6 Å². The summed E-state index contributed by atoms with van der Waals surface area (Å²) in [4.78, 5) is 13.4. The van der Waals surface area contributed by atoms with Crippen molar-refractivity contribution >= 4 is 17.5 Å².